The van der Waals surface area contributed by atoms with E-state index in [1.165, 1.54) is 14.0 Å². The molecule has 0 aliphatic heterocycles. The molecule has 0 amide bonds. The van der Waals surface area contributed by atoms with Crippen LogP contribution in [0.3, 0.4) is 0 Å². The number of hydrogen-bond donors (Lipinski definition) is 1. The molecule has 0 aromatic heterocycles. The second-order valence-corrected chi connectivity index (χ2v) is 2.92. The quantitative estimate of drug-likeness (QED) is 0.493. The van der Waals surface area contributed by atoms with Gasteiger partial charge in [-0.25, -0.2) is 0 Å². The van der Waals surface area contributed by atoms with E-state index in [1.54, 1.807) is 0 Å². The van der Waals surface area contributed by atoms with Crippen molar-refractivity contribution in [2.45, 2.75) is 11.2 Å². The Morgan fingerprint density at radius 2 is 1.50 bits per heavy atom. The Balaban J connectivity index is -0.0000000910. The molecule has 3 nitrogen and oxygen atoms in total. The van der Waals surface area contributed by atoms with E-state index in [0.717, 1.165) is 0 Å². The third-order valence-corrected chi connectivity index (χ3v) is 0.287. The molecule has 0 heterocycles. The molecule has 0 aliphatic rings. The molecule has 0 fully saturated rings. The Morgan fingerprint density at radius 1 is 1.40 bits per heavy atom. The van der Waals surface area contributed by atoms with E-state index in [-0.39, 0.29) is 12.1 Å². The van der Waals surface area contributed by atoms with Gasteiger partial charge in [0, 0.05) is 6.92 Å². The van der Waals surface area contributed by atoms with Crippen LogP contribution in [-0.4, -0.2) is 17.4 Å². The maximum atomic E-state index is 9.59. The lowest BCUT2D eigenvalue weighted by Gasteiger charge is -1.80. The Kier molecular flexibility index (Phi) is 20.1. The number of rotatable bonds is 0. The van der Waals surface area contributed by atoms with Crippen LogP contribution in [-0.2, 0) is 9.53 Å². The maximum absolute atomic E-state index is 9.59. The standard InChI is InChI=1S/C3H6O2.CHCl3.H3N/c1-3(4)5-2;2-1(3)4;/h1-2H3;1H;1H3. The van der Waals surface area contributed by atoms with Gasteiger partial charge in [0.05, 0.1) is 7.11 Å². The zero-order valence-corrected chi connectivity index (χ0v) is 8.00. The second kappa shape index (κ2) is 12.0. The molecule has 0 unspecified atom stereocenters. The molecule has 0 rings (SSSR count). The van der Waals surface area contributed by atoms with E-state index in [4.69, 9.17) is 34.8 Å². The van der Waals surface area contributed by atoms with Crippen LogP contribution in [0.1, 0.15) is 6.92 Å². The van der Waals surface area contributed by atoms with Crippen molar-refractivity contribution in [3.8, 4) is 0 Å². The Hall–Kier alpha value is 0.300. The zero-order chi connectivity index (χ0) is 7.86. The molecule has 0 saturated carbocycles. The van der Waals surface area contributed by atoms with E-state index in [2.05, 4.69) is 4.74 Å². The monoisotopic (exact) mass is 209 g/mol. The first-order chi connectivity index (χ1) is 4.00. The summed E-state index contributed by atoms with van der Waals surface area (Å²) in [7, 11) is 1.35. The number of ether oxygens (including phenoxy) is 1. The molecule has 0 atom stereocenters. The lowest BCUT2D eigenvalue weighted by Crippen LogP contribution is -1.88. The predicted octanol–water partition coefficient (Wildman–Crippen LogP) is 2.33. The molecule has 0 radical (unpaired) electrons. The molecule has 0 saturated heterocycles. The third-order valence-electron chi connectivity index (χ3n) is 0.287. The highest BCUT2D eigenvalue weighted by atomic mass is 35.6. The van der Waals surface area contributed by atoms with Crippen molar-refractivity contribution in [3.05, 3.63) is 0 Å². The van der Waals surface area contributed by atoms with Gasteiger partial charge in [0.2, 0.25) is 0 Å². The average molecular weight is 210 g/mol. The zero-order valence-electron chi connectivity index (χ0n) is 5.73. The topological polar surface area (TPSA) is 61.3 Å². The fourth-order valence-electron chi connectivity index (χ4n) is 0. The summed E-state index contributed by atoms with van der Waals surface area (Å²) in [5, 5.41) is 0. The number of methoxy groups -OCH3 is 1. The average Bonchev–Trinajstić information content (AvgIpc) is 1.65. The van der Waals surface area contributed by atoms with Gasteiger partial charge in [0.25, 0.3) is 0 Å². The van der Waals surface area contributed by atoms with Crippen molar-refractivity contribution in [1.82, 2.24) is 6.15 Å². The van der Waals surface area contributed by atoms with Gasteiger partial charge in [-0.15, -0.1) is 0 Å². The highest BCUT2D eigenvalue weighted by Gasteiger charge is 1.78. The highest BCUT2D eigenvalue weighted by molar-refractivity contribution is 6.63. The van der Waals surface area contributed by atoms with Crippen LogP contribution in [0.5, 0.6) is 0 Å². The van der Waals surface area contributed by atoms with Crippen LogP contribution in [0.15, 0.2) is 0 Å². The van der Waals surface area contributed by atoms with Crippen molar-refractivity contribution < 1.29 is 9.53 Å². The van der Waals surface area contributed by atoms with Crippen LogP contribution < -0.4 is 6.15 Å². The molecule has 0 aromatic rings. The lowest BCUT2D eigenvalue weighted by atomic mass is 10.8. The van der Waals surface area contributed by atoms with Crippen LogP contribution in [0.4, 0.5) is 0 Å². The highest BCUT2D eigenvalue weighted by Crippen LogP contribution is 2.03. The molecule has 64 valence electrons. The van der Waals surface area contributed by atoms with E-state index >= 15 is 0 Å². The maximum Gasteiger partial charge on any atom is 0.302 e. The fourth-order valence-corrected chi connectivity index (χ4v) is 0. The van der Waals surface area contributed by atoms with Crippen molar-refractivity contribution in [2.75, 3.05) is 7.11 Å². The summed E-state index contributed by atoms with van der Waals surface area (Å²) in [6.07, 6.45) is 0. The molecule has 6 heteroatoms. The molecular weight excluding hydrogens is 200 g/mol. The molecule has 10 heavy (non-hydrogen) atoms. The molecule has 0 spiro atoms. The molecule has 0 aromatic carbocycles. The van der Waals surface area contributed by atoms with Gasteiger partial charge >= 0.3 is 5.97 Å². The Bertz CT molecular complexity index is 76.1. The third kappa shape index (κ3) is 83.6. The summed E-state index contributed by atoms with van der Waals surface area (Å²) in [6.45, 7) is 1.36. The minimum atomic E-state index is -0.750. The Morgan fingerprint density at radius 3 is 1.50 bits per heavy atom. The van der Waals surface area contributed by atoms with Crippen molar-refractivity contribution in [2.24, 2.45) is 0 Å². The molecule has 3 N–H and O–H groups in total. The fraction of sp³-hybridized carbons (Fsp3) is 0.750. The van der Waals surface area contributed by atoms with Crippen LogP contribution >= 0.6 is 34.8 Å². The van der Waals surface area contributed by atoms with E-state index in [0.29, 0.717) is 0 Å². The number of halogens is 3. The van der Waals surface area contributed by atoms with Gasteiger partial charge in [0.15, 0.2) is 4.30 Å². The van der Waals surface area contributed by atoms with Crippen molar-refractivity contribution >= 4 is 40.8 Å². The summed E-state index contributed by atoms with van der Waals surface area (Å²) in [5.41, 5.74) is 0. The van der Waals surface area contributed by atoms with Gasteiger partial charge in [-0.05, 0) is 0 Å². The minimum Gasteiger partial charge on any atom is -0.469 e. The molecular formula is C4H10Cl3NO2. The van der Waals surface area contributed by atoms with Crippen LogP contribution in [0.25, 0.3) is 0 Å². The number of carbonyl (C=O) groups is 1. The van der Waals surface area contributed by atoms with E-state index in [1.807, 2.05) is 0 Å². The van der Waals surface area contributed by atoms with Gasteiger partial charge in [-0.2, -0.15) is 0 Å². The largest absolute Gasteiger partial charge is 0.469 e. The molecule has 0 aliphatic carbocycles. The van der Waals surface area contributed by atoms with Crippen LogP contribution in [0.2, 0.25) is 0 Å². The summed E-state index contributed by atoms with van der Waals surface area (Å²) in [5.74, 6) is -0.245. The van der Waals surface area contributed by atoms with Crippen molar-refractivity contribution in [3.63, 3.8) is 0 Å². The summed E-state index contributed by atoms with van der Waals surface area (Å²) < 4.78 is 3.36. The smallest absolute Gasteiger partial charge is 0.302 e. The first kappa shape index (κ1) is 16.7. The van der Waals surface area contributed by atoms with Gasteiger partial charge in [-0.3, -0.25) is 4.79 Å². The van der Waals surface area contributed by atoms with Gasteiger partial charge < -0.3 is 10.9 Å². The normalized spacial score (nSPS) is 7.00. The summed E-state index contributed by atoms with van der Waals surface area (Å²) in [4.78, 5) is 9.59. The predicted molar refractivity (Wildman–Crippen MR) is 44.1 cm³/mol. The van der Waals surface area contributed by atoms with E-state index < -0.39 is 4.30 Å². The second-order valence-electron chi connectivity index (χ2n) is 0.943. The first-order valence-corrected chi connectivity index (χ1v) is 3.28. The molecule has 0 bridgehead atoms. The lowest BCUT2D eigenvalue weighted by molar-refractivity contribution is -0.137. The van der Waals surface area contributed by atoms with Crippen LogP contribution in [0, 0.1) is 0 Å². The minimum absolute atomic E-state index is 0. The van der Waals surface area contributed by atoms with E-state index in [9.17, 15) is 4.79 Å². The SMILES string of the molecule is COC(C)=O.ClC(Cl)Cl.N. The number of alkyl halides is 3. The van der Waals surface area contributed by atoms with Gasteiger partial charge in [-0.1, -0.05) is 34.8 Å². The van der Waals surface area contributed by atoms with Crippen molar-refractivity contribution in [1.29, 1.82) is 0 Å². The Labute approximate surface area is 75.2 Å². The van der Waals surface area contributed by atoms with Gasteiger partial charge in [0.1, 0.15) is 0 Å². The number of hydrogen-bond acceptors (Lipinski definition) is 3. The summed E-state index contributed by atoms with van der Waals surface area (Å²) >= 11 is 14.4. The number of esters is 1. The number of carbonyl (C=O) groups excluding carboxylic acids is 1. The summed E-state index contributed by atoms with van der Waals surface area (Å²) in [6, 6.07) is 0. The first-order valence-electron chi connectivity index (χ1n) is 1.97.